The Morgan fingerprint density at radius 3 is 2.77 bits per heavy atom. The molecule has 0 saturated carbocycles. The lowest BCUT2D eigenvalue weighted by Crippen LogP contribution is -2.31. The van der Waals surface area contributed by atoms with Gasteiger partial charge in [-0.15, -0.1) is 13.2 Å². The fraction of sp³-hybridized carbons (Fsp3) is 0.167. The number of halogens is 3. The van der Waals surface area contributed by atoms with E-state index in [4.69, 9.17) is 0 Å². The molecule has 1 heterocycles. The number of methoxy groups -OCH3 is 1. The highest BCUT2D eigenvalue weighted by Gasteiger charge is 2.31. The number of benzene rings is 1. The van der Waals surface area contributed by atoms with Gasteiger partial charge in [0.1, 0.15) is 11.5 Å². The summed E-state index contributed by atoms with van der Waals surface area (Å²) in [7, 11) is 1.14. The second kappa shape index (κ2) is 6.28. The summed E-state index contributed by atoms with van der Waals surface area (Å²) in [5.74, 6) is -1.23. The first kappa shape index (κ1) is 16.2. The quantitative estimate of drug-likeness (QED) is 0.671. The van der Waals surface area contributed by atoms with Crippen LogP contribution in [0.15, 0.2) is 40.4 Å². The van der Waals surface area contributed by atoms with Crippen LogP contribution in [-0.2, 0) is 21.1 Å². The van der Waals surface area contributed by atoms with Gasteiger partial charge in [-0.05, 0) is 16.5 Å². The summed E-state index contributed by atoms with van der Waals surface area (Å²) in [6.45, 7) is 0. The van der Waals surface area contributed by atoms with Crippen molar-refractivity contribution >= 4 is 23.2 Å². The average Bonchev–Trinajstić information content (AvgIpc) is 2.44. The zero-order valence-electron chi connectivity index (χ0n) is 11.0. The third-order valence-corrected chi connectivity index (χ3v) is 3.19. The van der Waals surface area contributed by atoms with Crippen molar-refractivity contribution in [1.29, 1.82) is 0 Å². The molecule has 1 N–H and O–H groups in total. The Labute approximate surface area is 126 Å². The van der Waals surface area contributed by atoms with Crippen molar-refractivity contribution in [1.82, 2.24) is 4.72 Å². The van der Waals surface area contributed by atoms with Crippen molar-refractivity contribution in [3.05, 3.63) is 41.6 Å². The first-order valence-electron chi connectivity index (χ1n) is 5.72. The van der Waals surface area contributed by atoms with Crippen LogP contribution in [0, 0.1) is 0 Å². The predicted molar refractivity (Wildman–Crippen MR) is 71.0 cm³/mol. The van der Waals surface area contributed by atoms with Crippen molar-refractivity contribution in [3.8, 4) is 5.75 Å². The molecule has 0 aromatic heterocycles. The van der Waals surface area contributed by atoms with E-state index in [9.17, 15) is 22.5 Å². The molecule has 1 aliphatic heterocycles. The third kappa shape index (κ3) is 4.15. The van der Waals surface area contributed by atoms with Gasteiger partial charge in [-0.25, -0.2) is 4.79 Å². The van der Waals surface area contributed by atoms with E-state index in [-0.39, 0.29) is 17.0 Å². The van der Waals surface area contributed by atoms with Crippen LogP contribution in [-0.4, -0.2) is 29.7 Å². The van der Waals surface area contributed by atoms with Gasteiger partial charge >= 0.3 is 12.3 Å². The Kier molecular flexibility index (Phi) is 4.62. The fourth-order valence-corrected chi connectivity index (χ4v) is 2.31. The number of allylic oxidation sites excluding steroid dienone is 1. The minimum absolute atomic E-state index is 0.0603. The molecule has 0 fully saturated rings. The summed E-state index contributed by atoms with van der Waals surface area (Å²) in [6.07, 6.45) is -3.61. The molecule has 1 atom stereocenters. The van der Waals surface area contributed by atoms with Gasteiger partial charge in [0.25, 0.3) is 0 Å². The molecule has 0 radical (unpaired) electrons. The molecule has 1 aromatic carbocycles. The van der Waals surface area contributed by atoms with Gasteiger partial charge in [0.2, 0.25) is 11.5 Å². The molecular weight excluding hydrogens is 325 g/mol. The maximum absolute atomic E-state index is 12.2. The minimum atomic E-state index is -4.83. The number of rotatable bonds is 3. The summed E-state index contributed by atoms with van der Waals surface area (Å²) in [5.41, 5.74) is 0.149. The van der Waals surface area contributed by atoms with Gasteiger partial charge in [-0.1, -0.05) is 12.1 Å². The maximum atomic E-state index is 12.2. The molecule has 10 heteroatoms. The monoisotopic (exact) mass is 334 g/mol. The van der Waals surface area contributed by atoms with Crippen LogP contribution in [0.5, 0.6) is 5.75 Å². The maximum Gasteiger partial charge on any atom is 0.573 e. The van der Waals surface area contributed by atoms with E-state index in [2.05, 4.69) is 18.6 Å². The lowest BCUT2D eigenvalue weighted by atomic mass is 10.1. The summed E-state index contributed by atoms with van der Waals surface area (Å²) in [5, 5.41) is 0. The summed E-state index contributed by atoms with van der Waals surface area (Å²) in [4.78, 5) is 11.4. The van der Waals surface area contributed by atoms with E-state index in [1.165, 1.54) is 18.2 Å². The molecule has 0 bridgehead atoms. The molecular formula is C12H9F3N2O4S. The van der Waals surface area contributed by atoms with Crippen molar-refractivity contribution in [3.63, 3.8) is 0 Å². The highest BCUT2D eigenvalue weighted by atomic mass is 32.2. The topological polar surface area (TPSA) is 83.0 Å². The number of esters is 1. The highest BCUT2D eigenvalue weighted by molar-refractivity contribution is 7.88. The molecule has 22 heavy (non-hydrogen) atoms. The fourth-order valence-electron chi connectivity index (χ4n) is 1.60. The van der Waals surface area contributed by atoms with Crippen LogP contribution in [0.1, 0.15) is 5.56 Å². The molecule has 0 aliphatic carbocycles. The van der Waals surface area contributed by atoms with Gasteiger partial charge in [0.15, 0.2) is 5.70 Å². The van der Waals surface area contributed by atoms with Gasteiger partial charge < -0.3 is 14.0 Å². The van der Waals surface area contributed by atoms with E-state index >= 15 is 0 Å². The van der Waals surface area contributed by atoms with E-state index in [0.29, 0.717) is 0 Å². The average molecular weight is 334 g/mol. The Morgan fingerprint density at radius 1 is 1.41 bits per heavy atom. The first-order valence-corrected chi connectivity index (χ1v) is 6.82. The molecule has 0 amide bonds. The van der Waals surface area contributed by atoms with E-state index in [1.54, 1.807) is 0 Å². The van der Waals surface area contributed by atoms with E-state index in [0.717, 1.165) is 19.2 Å². The number of carbonyl (C=O) groups excluding carboxylic acids is 1. The van der Waals surface area contributed by atoms with Crippen LogP contribution >= 0.6 is 0 Å². The van der Waals surface area contributed by atoms with Crippen LogP contribution in [0.2, 0.25) is 0 Å². The zero-order valence-corrected chi connectivity index (χ0v) is 11.8. The van der Waals surface area contributed by atoms with E-state index < -0.39 is 29.6 Å². The largest absolute Gasteiger partial charge is 0.573 e. The highest BCUT2D eigenvalue weighted by Crippen LogP contribution is 2.24. The number of nitrogens with one attached hydrogen (secondary N) is 1. The van der Waals surface area contributed by atoms with Crippen molar-refractivity contribution < 1.29 is 32.0 Å². The number of ether oxygens (including phenoxy) is 2. The van der Waals surface area contributed by atoms with Crippen molar-refractivity contribution in [2.75, 3.05) is 7.11 Å². The molecule has 0 saturated heterocycles. The SMILES string of the molecule is COC(=O)C1=CC(c2cccc(OC(F)(F)F)c2)=N[S+]([O-])N1. The van der Waals surface area contributed by atoms with Crippen LogP contribution < -0.4 is 9.46 Å². The van der Waals surface area contributed by atoms with Gasteiger partial charge in [-0.2, -0.15) is 4.72 Å². The van der Waals surface area contributed by atoms with Gasteiger partial charge in [-0.3, -0.25) is 0 Å². The molecule has 1 aliphatic rings. The lowest BCUT2D eigenvalue weighted by molar-refractivity contribution is -0.274. The Bertz CT molecular complexity index is 646. The number of hydrogen-bond donors (Lipinski definition) is 1. The molecule has 2 rings (SSSR count). The summed E-state index contributed by atoms with van der Waals surface area (Å²) in [6, 6.07) is 4.94. The number of alkyl halides is 3. The van der Waals surface area contributed by atoms with Gasteiger partial charge in [0.05, 0.1) is 7.11 Å². The second-order valence-electron chi connectivity index (χ2n) is 3.95. The van der Waals surface area contributed by atoms with Crippen molar-refractivity contribution in [2.45, 2.75) is 6.36 Å². The molecule has 1 unspecified atom stereocenters. The molecule has 0 spiro atoms. The first-order chi connectivity index (χ1) is 10.3. The standard InChI is InChI=1S/C12H9F3N2O4S/c1-20-11(18)10-6-9(16-22(19)17-10)7-3-2-4-8(5-7)21-12(13,14)15/h2-6,17H,1H3. The number of hydrogen-bond acceptors (Lipinski definition) is 6. The molecule has 1 aromatic rings. The predicted octanol–water partition coefficient (Wildman–Crippen LogP) is 1.61. The second-order valence-corrected chi connectivity index (χ2v) is 4.84. The Hall–Kier alpha value is -2.20. The van der Waals surface area contributed by atoms with E-state index in [1.807, 2.05) is 0 Å². The number of nitrogens with zero attached hydrogens (tertiary/aromatic N) is 1. The van der Waals surface area contributed by atoms with Gasteiger partial charge in [0, 0.05) is 11.6 Å². The lowest BCUT2D eigenvalue weighted by Gasteiger charge is -2.15. The minimum Gasteiger partial charge on any atom is -0.567 e. The zero-order chi connectivity index (χ0) is 16.3. The molecule has 6 nitrogen and oxygen atoms in total. The smallest absolute Gasteiger partial charge is 0.567 e. The normalized spacial score (nSPS) is 18.0. The van der Waals surface area contributed by atoms with Crippen LogP contribution in [0.25, 0.3) is 0 Å². The molecule has 118 valence electrons. The van der Waals surface area contributed by atoms with Crippen LogP contribution in [0.3, 0.4) is 0 Å². The summed E-state index contributed by atoms with van der Waals surface area (Å²) >= 11 is -1.94. The van der Waals surface area contributed by atoms with Crippen LogP contribution in [0.4, 0.5) is 13.2 Å². The Balaban J connectivity index is 2.32. The van der Waals surface area contributed by atoms with Crippen molar-refractivity contribution in [2.24, 2.45) is 4.40 Å². The third-order valence-electron chi connectivity index (χ3n) is 2.43. The summed E-state index contributed by atoms with van der Waals surface area (Å²) < 4.78 is 62.4. The number of carbonyl (C=O) groups is 1. The Morgan fingerprint density at radius 2 is 2.14 bits per heavy atom.